The molecule has 0 bridgehead atoms. The number of benzene rings is 2. The second kappa shape index (κ2) is 9.71. The highest BCUT2D eigenvalue weighted by Crippen LogP contribution is 2.20. The molecular weight excluding hydrogens is 442 g/mol. The van der Waals surface area contributed by atoms with Crippen molar-refractivity contribution in [3.63, 3.8) is 0 Å². The summed E-state index contributed by atoms with van der Waals surface area (Å²) in [5.41, 5.74) is 0.669. The number of carbonyl (C=O) groups is 1. The van der Waals surface area contributed by atoms with E-state index in [9.17, 15) is 21.6 Å². The molecule has 3 rings (SSSR count). The third-order valence-corrected chi connectivity index (χ3v) is 7.92. The highest BCUT2D eigenvalue weighted by molar-refractivity contribution is 7.89. The van der Waals surface area contributed by atoms with Crippen LogP contribution in [-0.2, 0) is 24.8 Å². The first-order valence-corrected chi connectivity index (χ1v) is 12.4. The largest absolute Gasteiger partial charge is 0.379 e. The smallest absolute Gasteiger partial charge is 0.255 e. The highest BCUT2D eigenvalue weighted by atomic mass is 32.2. The van der Waals surface area contributed by atoms with Crippen molar-refractivity contribution in [1.29, 1.82) is 0 Å². The molecule has 2 aromatic carbocycles. The van der Waals surface area contributed by atoms with Gasteiger partial charge >= 0.3 is 0 Å². The van der Waals surface area contributed by atoms with Crippen molar-refractivity contribution in [3.05, 3.63) is 66.7 Å². The van der Waals surface area contributed by atoms with Gasteiger partial charge in [-0.05, 0) is 48.5 Å². The minimum Gasteiger partial charge on any atom is -0.379 e. The SMILES string of the molecule is C=CCNS(=O)(=O)c1ccc(C(=O)Nc2ccc(S(=O)(=O)N3CCOCC3)cc2)cc1. The zero-order valence-electron chi connectivity index (χ0n) is 16.7. The van der Waals surface area contributed by atoms with Crippen molar-refractivity contribution < 1.29 is 26.4 Å². The summed E-state index contributed by atoms with van der Waals surface area (Å²) in [7, 11) is -7.29. The standard InChI is InChI=1S/C20H23N3O6S2/c1-2-11-21-30(25,26)18-7-3-16(4-8-18)20(24)22-17-5-9-19(10-6-17)31(27,28)23-12-14-29-15-13-23/h2-10,21H,1,11-15H2,(H,22,24). The molecule has 0 spiro atoms. The zero-order valence-corrected chi connectivity index (χ0v) is 18.3. The number of amides is 1. The normalized spacial score (nSPS) is 15.4. The van der Waals surface area contributed by atoms with Crippen LogP contribution in [0.3, 0.4) is 0 Å². The van der Waals surface area contributed by atoms with Crippen LogP contribution >= 0.6 is 0 Å². The maximum absolute atomic E-state index is 12.6. The summed E-state index contributed by atoms with van der Waals surface area (Å²) in [6.07, 6.45) is 1.43. The van der Waals surface area contributed by atoms with Gasteiger partial charge in [-0.1, -0.05) is 6.08 Å². The molecule has 0 aliphatic carbocycles. The van der Waals surface area contributed by atoms with Gasteiger partial charge in [-0.15, -0.1) is 6.58 Å². The molecule has 1 heterocycles. The number of morpholine rings is 1. The number of nitrogens with one attached hydrogen (secondary N) is 2. The molecule has 31 heavy (non-hydrogen) atoms. The molecule has 0 atom stereocenters. The van der Waals surface area contributed by atoms with Crippen LogP contribution in [0.15, 0.2) is 71.0 Å². The number of carbonyl (C=O) groups excluding carboxylic acids is 1. The van der Waals surface area contributed by atoms with Crippen molar-refractivity contribution >= 4 is 31.6 Å². The van der Waals surface area contributed by atoms with Gasteiger partial charge in [0.25, 0.3) is 5.91 Å². The van der Waals surface area contributed by atoms with E-state index in [4.69, 9.17) is 4.74 Å². The van der Waals surface area contributed by atoms with Crippen molar-refractivity contribution in [1.82, 2.24) is 9.03 Å². The van der Waals surface area contributed by atoms with Crippen molar-refractivity contribution in [3.8, 4) is 0 Å². The van der Waals surface area contributed by atoms with Gasteiger partial charge in [0, 0.05) is 30.9 Å². The summed E-state index contributed by atoms with van der Waals surface area (Å²) in [4.78, 5) is 12.6. The summed E-state index contributed by atoms with van der Waals surface area (Å²) in [5, 5.41) is 2.66. The van der Waals surface area contributed by atoms with Gasteiger partial charge < -0.3 is 10.1 Å². The third-order valence-electron chi connectivity index (χ3n) is 4.56. The summed E-state index contributed by atoms with van der Waals surface area (Å²) in [6, 6.07) is 11.3. The molecule has 1 aliphatic rings. The van der Waals surface area contributed by atoms with Crippen LogP contribution < -0.4 is 10.0 Å². The average Bonchev–Trinajstić information content (AvgIpc) is 2.79. The molecule has 0 radical (unpaired) electrons. The fraction of sp³-hybridized carbons (Fsp3) is 0.250. The molecule has 1 saturated heterocycles. The Bertz CT molecular complexity index is 1140. The van der Waals surface area contributed by atoms with Crippen LogP contribution in [0.5, 0.6) is 0 Å². The van der Waals surface area contributed by atoms with Gasteiger partial charge in [0.05, 0.1) is 23.0 Å². The molecule has 2 N–H and O–H groups in total. The molecule has 0 aromatic heterocycles. The van der Waals surface area contributed by atoms with E-state index in [1.807, 2.05) is 0 Å². The van der Waals surface area contributed by atoms with Gasteiger partial charge in [0.15, 0.2) is 0 Å². The Morgan fingerprint density at radius 1 is 0.968 bits per heavy atom. The van der Waals surface area contributed by atoms with Crippen LogP contribution in [0.25, 0.3) is 0 Å². The molecule has 1 aliphatic heterocycles. The molecule has 0 saturated carbocycles. The second-order valence-electron chi connectivity index (χ2n) is 6.66. The van der Waals surface area contributed by atoms with E-state index in [1.54, 1.807) is 0 Å². The molecule has 1 fully saturated rings. The van der Waals surface area contributed by atoms with E-state index >= 15 is 0 Å². The summed E-state index contributed by atoms with van der Waals surface area (Å²) >= 11 is 0. The minimum absolute atomic E-state index is 0.0311. The maximum atomic E-state index is 12.6. The Hall–Kier alpha value is -2.57. The van der Waals surface area contributed by atoms with E-state index in [1.165, 1.54) is 58.9 Å². The van der Waals surface area contributed by atoms with Gasteiger partial charge in [-0.25, -0.2) is 21.6 Å². The Balaban J connectivity index is 1.67. The molecule has 9 nitrogen and oxygen atoms in total. The Morgan fingerprint density at radius 3 is 2.13 bits per heavy atom. The Kier molecular flexibility index (Phi) is 7.23. The fourth-order valence-corrected chi connectivity index (χ4v) is 5.29. The van der Waals surface area contributed by atoms with E-state index in [0.29, 0.717) is 32.0 Å². The molecule has 0 unspecified atom stereocenters. The first kappa shape index (κ1) is 23.1. The predicted octanol–water partition coefficient (Wildman–Crippen LogP) is 1.42. The van der Waals surface area contributed by atoms with Gasteiger partial charge in [0.1, 0.15) is 0 Å². The number of anilines is 1. The van der Waals surface area contributed by atoms with Gasteiger partial charge in [0.2, 0.25) is 20.0 Å². The van der Waals surface area contributed by atoms with E-state index in [-0.39, 0.29) is 21.9 Å². The second-order valence-corrected chi connectivity index (χ2v) is 10.4. The molecular formula is C20H23N3O6S2. The number of hydrogen-bond donors (Lipinski definition) is 2. The van der Waals surface area contributed by atoms with E-state index < -0.39 is 26.0 Å². The van der Waals surface area contributed by atoms with Crippen LogP contribution in [0.1, 0.15) is 10.4 Å². The first-order chi connectivity index (χ1) is 14.7. The monoisotopic (exact) mass is 465 g/mol. The first-order valence-electron chi connectivity index (χ1n) is 9.44. The molecule has 11 heteroatoms. The van der Waals surface area contributed by atoms with E-state index in [2.05, 4.69) is 16.6 Å². The Morgan fingerprint density at radius 2 is 1.55 bits per heavy atom. The molecule has 2 aromatic rings. The van der Waals surface area contributed by atoms with Crippen LogP contribution in [0.4, 0.5) is 5.69 Å². The zero-order chi connectivity index (χ0) is 22.5. The topological polar surface area (TPSA) is 122 Å². The number of sulfonamides is 2. The Labute approximate surface area is 181 Å². The van der Waals surface area contributed by atoms with Crippen LogP contribution in [0, 0.1) is 0 Å². The number of rotatable bonds is 8. The van der Waals surface area contributed by atoms with Crippen molar-refractivity contribution in [2.24, 2.45) is 0 Å². The van der Waals surface area contributed by atoms with Crippen LogP contribution in [0.2, 0.25) is 0 Å². The quantitative estimate of drug-likeness (QED) is 0.569. The summed E-state index contributed by atoms with van der Waals surface area (Å²) in [6.45, 7) is 4.88. The number of hydrogen-bond acceptors (Lipinski definition) is 6. The lowest BCUT2D eigenvalue weighted by molar-refractivity contribution is 0.0730. The molecule has 1 amide bonds. The maximum Gasteiger partial charge on any atom is 0.255 e. The lowest BCUT2D eigenvalue weighted by Gasteiger charge is -2.26. The highest BCUT2D eigenvalue weighted by Gasteiger charge is 2.26. The minimum atomic E-state index is -3.67. The van der Waals surface area contributed by atoms with Crippen molar-refractivity contribution in [2.75, 3.05) is 38.2 Å². The van der Waals surface area contributed by atoms with Crippen LogP contribution in [-0.4, -0.2) is 59.9 Å². The molecule has 166 valence electrons. The average molecular weight is 466 g/mol. The lowest BCUT2D eigenvalue weighted by Crippen LogP contribution is -2.40. The fourth-order valence-electron chi connectivity index (χ4n) is 2.89. The van der Waals surface area contributed by atoms with Crippen molar-refractivity contribution in [2.45, 2.75) is 9.79 Å². The van der Waals surface area contributed by atoms with E-state index in [0.717, 1.165) is 0 Å². The third kappa shape index (κ3) is 5.57. The lowest BCUT2D eigenvalue weighted by atomic mass is 10.2. The number of ether oxygens (including phenoxy) is 1. The predicted molar refractivity (Wildman–Crippen MR) is 116 cm³/mol. The van der Waals surface area contributed by atoms with Gasteiger partial charge in [-0.3, -0.25) is 4.79 Å². The number of nitrogens with zero attached hydrogens (tertiary/aromatic N) is 1. The summed E-state index contributed by atoms with van der Waals surface area (Å²) < 4.78 is 58.3. The van der Waals surface area contributed by atoms with Gasteiger partial charge in [-0.2, -0.15) is 4.31 Å². The summed E-state index contributed by atoms with van der Waals surface area (Å²) in [5.74, 6) is -0.452.